The maximum atomic E-state index is 5.55. The Bertz CT molecular complexity index is 362. The van der Waals surface area contributed by atoms with Gasteiger partial charge in [-0.15, -0.1) is 0 Å². The van der Waals surface area contributed by atoms with Crippen molar-refractivity contribution in [3.05, 3.63) is 17.8 Å². The molecule has 0 spiro atoms. The fourth-order valence-corrected chi connectivity index (χ4v) is 0.916. The lowest BCUT2D eigenvalue weighted by Gasteiger charge is -2.01. The lowest BCUT2D eigenvalue weighted by atomic mass is 10.5. The van der Waals surface area contributed by atoms with E-state index in [1.807, 2.05) is 19.1 Å². The molecule has 6 heteroatoms. The van der Waals surface area contributed by atoms with E-state index in [4.69, 9.17) is 11.5 Å². The van der Waals surface area contributed by atoms with E-state index in [1.165, 1.54) is 0 Å². The zero-order valence-electron chi connectivity index (χ0n) is 8.20. The van der Waals surface area contributed by atoms with E-state index in [1.54, 1.807) is 7.05 Å². The summed E-state index contributed by atoms with van der Waals surface area (Å²) in [6.07, 6.45) is 0. The van der Waals surface area contributed by atoms with Gasteiger partial charge in [-0.1, -0.05) is 0 Å². The second-order valence-corrected chi connectivity index (χ2v) is 2.76. The quantitative estimate of drug-likeness (QED) is 0.373. The van der Waals surface area contributed by atoms with Crippen LogP contribution in [0.4, 0.5) is 5.82 Å². The number of aromatic amines is 1. The van der Waals surface area contributed by atoms with Gasteiger partial charge in [0.25, 0.3) is 0 Å². The molecule has 6 nitrogen and oxygen atoms in total. The highest BCUT2D eigenvalue weighted by atomic mass is 15.2. The van der Waals surface area contributed by atoms with Crippen molar-refractivity contribution in [2.24, 2.45) is 21.5 Å². The minimum atomic E-state index is 0.137. The summed E-state index contributed by atoms with van der Waals surface area (Å²) in [5, 5.41) is 2.84. The van der Waals surface area contributed by atoms with E-state index in [0.29, 0.717) is 0 Å². The first-order valence-electron chi connectivity index (χ1n) is 4.11. The molecule has 1 rings (SSSR count). The molecule has 0 aliphatic rings. The first-order valence-corrected chi connectivity index (χ1v) is 4.11. The maximum Gasteiger partial charge on any atom is 0.218 e. The van der Waals surface area contributed by atoms with Gasteiger partial charge in [0.05, 0.1) is 0 Å². The number of hydrogen-bond donors (Lipinski definition) is 4. The number of hydrogen-bond acceptors (Lipinski definition) is 1. The van der Waals surface area contributed by atoms with E-state index >= 15 is 0 Å². The van der Waals surface area contributed by atoms with Crippen LogP contribution < -0.4 is 16.8 Å². The number of nitrogens with two attached hydrogens (primary N) is 2. The number of aliphatic imine (C=N–C) groups is 2. The third kappa shape index (κ3) is 2.81. The molecule has 0 unspecified atom stereocenters. The highest BCUT2D eigenvalue weighted by molar-refractivity contribution is 6.00. The van der Waals surface area contributed by atoms with Gasteiger partial charge in [-0.3, -0.25) is 4.99 Å². The van der Waals surface area contributed by atoms with Crippen LogP contribution in [0.2, 0.25) is 0 Å². The van der Waals surface area contributed by atoms with Crippen molar-refractivity contribution in [2.45, 2.75) is 6.92 Å². The molecular formula is C8H14N6. The largest absolute Gasteiger partial charge is 0.369 e. The molecule has 1 heterocycles. The second kappa shape index (κ2) is 4.31. The summed E-state index contributed by atoms with van der Waals surface area (Å²) in [5.74, 6) is 1.11. The van der Waals surface area contributed by atoms with Crippen LogP contribution in [-0.2, 0) is 0 Å². The average Bonchev–Trinajstić information content (AvgIpc) is 2.50. The molecule has 0 aromatic carbocycles. The number of aryl methyl sites for hydroxylation is 1. The summed E-state index contributed by atoms with van der Waals surface area (Å²) in [6.45, 7) is 1.94. The first kappa shape index (κ1) is 10.1. The lowest BCUT2D eigenvalue weighted by molar-refractivity contribution is 1.26. The van der Waals surface area contributed by atoms with Crippen molar-refractivity contribution < 1.29 is 0 Å². The van der Waals surface area contributed by atoms with E-state index in [9.17, 15) is 0 Å². The van der Waals surface area contributed by atoms with Gasteiger partial charge in [-0.05, 0) is 19.1 Å². The third-order valence-corrected chi connectivity index (χ3v) is 1.56. The SMILES string of the molecule is CN=C(N)N=C(N)Nc1ccc(C)[nH]1. The lowest BCUT2D eigenvalue weighted by Crippen LogP contribution is -2.26. The number of nitrogens with one attached hydrogen (secondary N) is 2. The molecule has 6 N–H and O–H groups in total. The van der Waals surface area contributed by atoms with Crippen LogP contribution >= 0.6 is 0 Å². The third-order valence-electron chi connectivity index (χ3n) is 1.56. The zero-order valence-corrected chi connectivity index (χ0v) is 8.20. The Labute approximate surface area is 82.1 Å². The molecule has 76 valence electrons. The van der Waals surface area contributed by atoms with Crippen molar-refractivity contribution in [2.75, 3.05) is 12.4 Å². The standard InChI is InChI=1S/C8H14N6/c1-5-3-4-6(12-5)13-8(10)14-7(9)11-2/h3-4,12H,1-2H3,(H5,9,10,11,13,14). The van der Waals surface area contributed by atoms with Gasteiger partial charge < -0.3 is 21.8 Å². The Kier molecular flexibility index (Phi) is 3.11. The summed E-state index contributed by atoms with van der Waals surface area (Å²) in [5.41, 5.74) is 12.0. The molecule has 0 amide bonds. The van der Waals surface area contributed by atoms with Gasteiger partial charge in [0.2, 0.25) is 11.9 Å². The van der Waals surface area contributed by atoms with E-state index in [-0.39, 0.29) is 11.9 Å². The molecule has 0 radical (unpaired) electrons. The van der Waals surface area contributed by atoms with Gasteiger partial charge in [0, 0.05) is 12.7 Å². The summed E-state index contributed by atoms with van der Waals surface area (Å²) >= 11 is 0. The number of nitrogens with zero attached hydrogens (tertiary/aromatic N) is 2. The van der Waals surface area contributed by atoms with E-state index in [2.05, 4.69) is 20.3 Å². The second-order valence-electron chi connectivity index (χ2n) is 2.76. The molecule has 0 atom stereocenters. The topological polar surface area (TPSA) is 105 Å². The van der Waals surface area contributed by atoms with Crippen LogP contribution in [-0.4, -0.2) is 24.0 Å². The average molecular weight is 194 g/mol. The normalized spacial score (nSPS) is 13.0. The molecule has 0 saturated heterocycles. The molecule has 0 saturated carbocycles. The van der Waals surface area contributed by atoms with Crippen molar-refractivity contribution in [3.63, 3.8) is 0 Å². The number of rotatable bonds is 1. The van der Waals surface area contributed by atoms with Gasteiger partial charge >= 0.3 is 0 Å². The Balaban J connectivity index is 2.65. The number of anilines is 1. The van der Waals surface area contributed by atoms with Crippen LogP contribution in [0.3, 0.4) is 0 Å². The number of aromatic nitrogens is 1. The van der Waals surface area contributed by atoms with Crippen molar-refractivity contribution in [1.29, 1.82) is 0 Å². The van der Waals surface area contributed by atoms with Gasteiger partial charge in [0.1, 0.15) is 5.82 Å². The van der Waals surface area contributed by atoms with E-state index < -0.39 is 0 Å². The Morgan fingerprint density at radius 2 is 2.14 bits per heavy atom. The minimum absolute atomic E-state index is 0.137. The Hall–Kier alpha value is -1.98. The van der Waals surface area contributed by atoms with Crippen LogP contribution in [0.25, 0.3) is 0 Å². The van der Waals surface area contributed by atoms with Crippen LogP contribution in [0.15, 0.2) is 22.1 Å². The monoisotopic (exact) mass is 194 g/mol. The van der Waals surface area contributed by atoms with Crippen molar-refractivity contribution >= 4 is 17.7 Å². The minimum Gasteiger partial charge on any atom is -0.369 e. The summed E-state index contributed by atoms with van der Waals surface area (Å²) in [6, 6.07) is 3.78. The molecule has 1 aromatic heterocycles. The van der Waals surface area contributed by atoms with Gasteiger partial charge in [0.15, 0.2) is 0 Å². The van der Waals surface area contributed by atoms with Crippen LogP contribution in [0, 0.1) is 6.92 Å². The molecule has 14 heavy (non-hydrogen) atoms. The predicted octanol–water partition coefficient (Wildman–Crippen LogP) is -0.00578. The molecule has 0 fully saturated rings. The van der Waals surface area contributed by atoms with Crippen LogP contribution in [0.5, 0.6) is 0 Å². The summed E-state index contributed by atoms with van der Waals surface area (Å²) in [4.78, 5) is 10.5. The fourth-order valence-electron chi connectivity index (χ4n) is 0.916. The zero-order chi connectivity index (χ0) is 10.6. The fraction of sp³-hybridized carbons (Fsp3) is 0.250. The predicted molar refractivity (Wildman–Crippen MR) is 58.3 cm³/mol. The molecule has 0 bridgehead atoms. The Morgan fingerprint density at radius 3 is 2.64 bits per heavy atom. The van der Waals surface area contributed by atoms with E-state index in [0.717, 1.165) is 11.5 Å². The van der Waals surface area contributed by atoms with Gasteiger partial charge in [-0.2, -0.15) is 4.99 Å². The molecule has 1 aromatic rings. The smallest absolute Gasteiger partial charge is 0.218 e. The summed E-state index contributed by atoms with van der Waals surface area (Å²) in [7, 11) is 1.55. The molecular weight excluding hydrogens is 180 g/mol. The highest BCUT2D eigenvalue weighted by Crippen LogP contribution is 2.04. The van der Waals surface area contributed by atoms with Gasteiger partial charge in [-0.25, -0.2) is 0 Å². The summed E-state index contributed by atoms with van der Waals surface area (Å²) < 4.78 is 0. The number of H-pyrrole nitrogens is 1. The highest BCUT2D eigenvalue weighted by Gasteiger charge is 1.96. The Morgan fingerprint density at radius 1 is 1.43 bits per heavy atom. The number of guanidine groups is 2. The molecule has 0 aliphatic carbocycles. The molecule has 0 aliphatic heterocycles. The van der Waals surface area contributed by atoms with Crippen molar-refractivity contribution in [1.82, 2.24) is 4.98 Å². The first-order chi connectivity index (χ1) is 6.61. The van der Waals surface area contributed by atoms with Crippen molar-refractivity contribution in [3.8, 4) is 0 Å². The van der Waals surface area contributed by atoms with Crippen LogP contribution in [0.1, 0.15) is 5.69 Å². The maximum absolute atomic E-state index is 5.55.